The first kappa shape index (κ1) is 25.8. The van der Waals surface area contributed by atoms with Gasteiger partial charge >= 0.3 is 17.1 Å². The Labute approximate surface area is 182 Å². The summed E-state index contributed by atoms with van der Waals surface area (Å²) in [6.07, 6.45) is 3.20. The van der Waals surface area contributed by atoms with Crippen LogP contribution in [0.1, 0.15) is 25.0 Å². The molecule has 0 fully saturated rings. The molecule has 2 aromatic carbocycles. The number of phenols is 2. The van der Waals surface area contributed by atoms with Crippen molar-refractivity contribution in [3.8, 4) is 23.0 Å². The molecule has 8 heteroatoms. The standard InChI is InChI=1S/C20H24N2O4.ClH.Mn/c1-3-25-17-9-5-7-15(19(17)23)13-21-11-12-22-14-16-8-6-10-18(20(16)24)26-4-2;;/h5-10,13-14,23-24H,3-4,11-12H2,1-2H3;1H;/q;;+2/p-1. The Bertz CT molecular complexity index is 719. The summed E-state index contributed by atoms with van der Waals surface area (Å²) in [7, 11) is 0. The van der Waals surface area contributed by atoms with Gasteiger partial charge in [0.15, 0.2) is 23.0 Å². The second-order valence-electron chi connectivity index (χ2n) is 5.32. The zero-order valence-electron chi connectivity index (χ0n) is 15.8. The van der Waals surface area contributed by atoms with Gasteiger partial charge < -0.3 is 32.1 Å². The van der Waals surface area contributed by atoms with Gasteiger partial charge in [0.1, 0.15) is 0 Å². The Kier molecular flexibility index (Phi) is 12.8. The second kappa shape index (κ2) is 13.9. The Morgan fingerprint density at radius 1 is 0.786 bits per heavy atom. The van der Waals surface area contributed by atoms with E-state index in [1.54, 1.807) is 48.8 Å². The quantitative estimate of drug-likeness (QED) is 0.332. The van der Waals surface area contributed by atoms with Crippen LogP contribution >= 0.6 is 0 Å². The Morgan fingerprint density at radius 3 is 1.54 bits per heavy atom. The summed E-state index contributed by atoms with van der Waals surface area (Å²) in [6.45, 7) is 5.61. The molecule has 0 atom stereocenters. The second-order valence-corrected chi connectivity index (χ2v) is 5.32. The maximum atomic E-state index is 10.1. The van der Waals surface area contributed by atoms with Gasteiger partial charge in [0.2, 0.25) is 0 Å². The van der Waals surface area contributed by atoms with Gasteiger partial charge in [-0.25, -0.2) is 0 Å². The zero-order chi connectivity index (χ0) is 18.8. The molecule has 0 aliphatic heterocycles. The van der Waals surface area contributed by atoms with Gasteiger partial charge in [-0.2, -0.15) is 0 Å². The fraction of sp³-hybridized carbons (Fsp3) is 0.300. The van der Waals surface area contributed by atoms with Gasteiger partial charge in [0.05, 0.1) is 26.3 Å². The fourth-order valence-electron chi connectivity index (χ4n) is 2.27. The van der Waals surface area contributed by atoms with Crippen molar-refractivity contribution >= 4 is 12.4 Å². The Morgan fingerprint density at radius 2 is 1.18 bits per heavy atom. The summed E-state index contributed by atoms with van der Waals surface area (Å²) in [5, 5.41) is 20.2. The van der Waals surface area contributed by atoms with Crippen molar-refractivity contribution < 1.29 is 49.2 Å². The number of hydrogen-bond acceptors (Lipinski definition) is 6. The number of rotatable bonds is 9. The molecule has 6 nitrogen and oxygen atoms in total. The molecule has 0 aromatic heterocycles. The van der Waals surface area contributed by atoms with Crippen LogP contribution in [0.5, 0.6) is 23.0 Å². The molecule has 2 rings (SSSR count). The van der Waals surface area contributed by atoms with E-state index in [-0.39, 0.29) is 41.0 Å². The van der Waals surface area contributed by atoms with Gasteiger partial charge in [-0.05, 0) is 38.1 Å². The summed E-state index contributed by atoms with van der Waals surface area (Å²) in [5.74, 6) is 1.05. The predicted octanol–water partition coefficient (Wildman–Crippen LogP) is 0.435. The first-order valence-electron chi connectivity index (χ1n) is 8.56. The van der Waals surface area contributed by atoms with E-state index >= 15 is 0 Å². The molecular formula is C20H24ClMnN2O4+. The van der Waals surface area contributed by atoms with Crippen molar-refractivity contribution in [2.75, 3.05) is 26.3 Å². The number of ether oxygens (including phenoxy) is 2. The molecule has 151 valence electrons. The van der Waals surface area contributed by atoms with Crippen LogP contribution in [0.25, 0.3) is 0 Å². The fourth-order valence-corrected chi connectivity index (χ4v) is 2.27. The number of aromatic hydroxyl groups is 2. The maximum absolute atomic E-state index is 10.1. The average molecular weight is 447 g/mol. The molecule has 0 aliphatic carbocycles. The van der Waals surface area contributed by atoms with Crippen LogP contribution in [-0.2, 0) is 17.1 Å². The number of halogens is 1. The topological polar surface area (TPSA) is 83.6 Å². The third kappa shape index (κ3) is 7.43. The van der Waals surface area contributed by atoms with Crippen molar-refractivity contribution in [1.82, 2.24) is 0 Å². The smallest absolute Gasteiger partial charge is 1.00 e. The summed E-state index contributed by atoms with van der Waals surface area (Å²) in [6, 6.07) is 10.6. The molecule has 0 heterocycles. The number of para-hydroxylation sites is 2. The summed E-state index contributed by atoms with van der Waals surface area (Å²) >= 11 is 0. The van der Waals surface area contributed by atoms with Crippen LogP contribution in [0.2, 0.25) is 0 Å². The van der Waals surface area contributed by atoms with E-state index in [0.29, 0.717) is 48.9 Å². The minimum absolute atomic E-state index is 0. The molecule has 1 radical (unpaired) electrons. The van der Waals surface area contributed by atoms with Gasteiger partial charge in [-0.3, -0.25) is 9.98 Å². The van der Waals surface area contributed by atoms with Crippen molar-refractivity contribution in [2.45, 2.75) is 13.8 Å². The average Bonchev–Trinajstić information content (AvgIpc) is 2.64. The van der Waals surface area contributed by atoms with Crippen molar-refractivity contribution in [2.24, 2.45) is 9.98 Å². The van der Waals surface area contributed by atoms with E-state index in [1.165, 1.54) is 0 Å². The molecule has 0 amide bonds. The maximum Gasteiger partial charge on any atom is 2.00 e. The first-order valence-corrected chi connectivity index (χ1v) is 8.56. The van der Waals surface area contributed by atoms with Crippen LogP contribution in [0, 0.1) is 0 Å². The summed E-state index contributed by atoms with van der Waals surface area (Å²) < 4.78 is 10.7. The largest absolute Gasteiger partial charge is 2.00 e. The Hall–Kier alpha value is -2.21. The SMILES string of the molecule is CCOc1cccc(C=NCCN=Cc2cccc(OCC)c2O)c1O.[Cl-].[Mn+2]. The number of phenolic OH excluding ortho intramolecular Hbond substituents is 2. The van der Waals surface area contributed by atoms with Crippen LogP contribution in [0.3, 0.4) is 0 Å². The van der Waals surface area contributed by atoms with Gasteiger partial charge in [-0.15, -0.1) is 0 Å². The number of benzene rings is 2. The monoisotopic (exact) mass is 446 g/mol. The van der Waals surface area contributed by atoms with E-state index in [1.807, 2.05) is 13.8 Å². The van der Waals surface area contributed by atoms with E-state index in [2.05, 4.69) is 9.98 Å². The molecule has 0 saturated heterocycles. The predicted molar refractivity (Wildman–Crippen MR) is 103 cm³/mol. The minimum Gasteiger partial charge on any atom is -1.00 e. The minimum atomic E-state index is 0. The molecule has 0 spiro atoms. The normalized spacial score (nSPS) is 10.5. The molecule has 0 bridgehead atoms. The van der Waals surface area contributed by atoms with E-state index in [0.717, 1.165) is 0 Å². The van der Waals surface area contributed by atoms with E-state index < -0.39 is 0 Å². The number of nitrogens with zero attached hydrogens (tertiary/aromatic N) is 2. The molecule has 28 heavy (non-hydrogen) atoms. The summed E-state index contributed by atoms with van der Waals surface area (Å²) in [5.41, 5.74) is 1.20. The van der Waals surface area contributed by atoms with Crippen LogP contribution < -0.4 is 21.9 Å². The third-order valence-electron chi connectivity index (χ3n) is 3.48. The van der Waals surface area contributed by atoms with Crippen LogP contribution in [-0.4, -0.2) is 48.9 Å². The van der Waals surface area contributed by atoms with E-state index in [4.69, 9.17) is 9.47 Å². The zero-order valence-corrected chi connectivity index (χ0v) is 17.7. The Balaban J connectivity index is 0.00000364. The van der Waals surface area contributed by atoms with Crippen LogP contribution in [0.4, 0.5) is 0 Å². The number of hydrogen-bond donors (Lipinski definition) is 2. The van der Waals surface area contributed by atoms with Gasteiger partial charge in [0, 0.05) is 23.6 Å². The van der Waals surface area contributed by atoms with Crippen molar-refractivity contribution in [1.29, 1.82) is 0 Å². The molecule has 2 N–H and O–H groups in total. The first-order chi connectivity index (χ1) is 12.7. The van der Waals surface area contributed by atoms with Gasteiger partial charge in [-0.1, -0.05) is 12.1 Å². The molecular weight excluding hydrogens is 423 g/mol. The van der Waals surface area contributed by atoms with Gasteiger partial charge in [0.25, 0.3) is 0 Å². The summed E-state index contributed by atoms with van der Waals surface area (Å²) in [4.78, 5) is 8.53. The molecule has 0 unspecified atom stereocenters. The molecule has 2 aromatic rings. The van der Waals surface area contributed by atoms with Crippen LogP contribution in [0.15, 0.2) is 46.4 Å². The number of aliphatic imine (C=N–C) groups is 2. The third-order valence-corrected chi connectivity index (χ3v) is 3.48. The van der Waals surface area contributed by atoms with Crippen molar-refractivity contribution in [3.63, 3.8) is 0 Å². The van der Waals surface area contributed by atoms with Crippen molar-refractivity contribution in [3.05, 3.63) is 47.5 Å². The molecule has 0 aliphatic rings. The molecule has 0 saturated carbocycles. The van der Waals surface area contributed by atoms with E-state index in [9.17, 15) is 10.2 Å².